The molecule has 18 heavy (non-hydrogen) atoms. The molecule has 0 aromatic heterocycles. The Morgan fingerprint density at radius 3 is 2.33 bits per heavy atom. The van der Waals surface area contributed by atoms with Crippen molar-refractivity contribution in [1.29, 1.82) is 0 Å². The topological polar surface area (TPSA) is 41.5 Å². The van der Waals surface area contributed by atoms with E-state index in [1.165, 1.54) is 6.42 Å². The number of hydrogen-bond donors (Lipinski definition) is 2. The Balaban J connectivity index is 3.50. The van der Waals surface area contributed by atoms with E-state index in [0.717, 1.165) is 25.4 Å². The molecule has 0 aliphatic heterocycles. The van der Waals surface area contributed by atoms with Gasteiger partial charge < -0.3 is 15.2 Å². The van der Waals surface area contributed by atoms with E-state index < -0.39 is 6.10 Å². The van der Waals surface area contributed by atoms with Crippen molar-refractivity contribution < 1.29 is 9.84 Å². The summed E-state index contributed by atoms with van der Waals surface area (Å²) in [5.74, 6) is 1.34. The van der Waals surface area contributed by atoms with Crippen LogP contribution in [0.4, 0.5) is 0 Å². The fourth-order valence-electron chi connectivity index (χ4n) is 2.01. The molecule has 0 heterocycles. The smallest absolute Gasteiger partial charge is 0.0897 e. The zero-order valence-electron chi connectivity index (χ0n) is 12.9. The summed E-state index contributed by atoms with van der Waals surface area (Å²) in [4.78, 5) is 0. The van der Waals surface area contributed by atoms with Crippen LogP contribution in [0.3, 0.4) is 0 Å². The van der Waals surface area contributed by atoms with Crippen molar-refractivity contribution in [2.24, 2.45) is 11.8 Å². The molecular weight excluding hydrogens is 226 g/mol. The van der Waals surface area contributed by atoms with Gasteiger partial charge in [-0.2, -0.15) is 0 Å². The minimum Gasteiger partial charge on any atom is -0.389 e. The van der Waals surface area contributed by atoms with Crippen LogP contribution >= 0.6 is 0 Å². The summed E-state index contributed by atoms with van der Waals surface area (Å²) in [5.41, 5.74) is 0. The van der Waals surface area contributed by atoms with Crippen LogP contribution in [0.15, 0.2) is 0 Å². The van der Waals surface area contributed by atoms with Crippen LogP contribution in [0.25, 0.3) is 0 Å². The van der Waals surface area contributed by atoms with Crippen LogP contribution in [-0.4, -0.2) is 37.0 Å². The minimum atomic E-state index is -0.392. The summed E-state index contributed by atoms with van der Waals surface area (Å²) >= 11 is 0. The van der Waals surface area contributed by atoms with Crippen molar-refractivity contribution in [2.45, 2.75) is 66.0 Å². The minimum absolute atomic E-state index is 0.392. The van der Waals surface area contributed by atoms with Gasteiger partial charge in [0.2, 0.25) is 0 Å². The van der Waals surface area contributed by atoms with Gasteiger partial charge in [-0.1, -0.05) is 34.6 Å². The van der Waals surface area contributed by atoms with Crippen LogP contribution in [0.5, 0.6) is 0 Å². The van der Waals surface area contributed by atoms with E-state index in [1.807, 2.05) is 0 Å². The number of rotatable bonds is 11. The van der Waals surface area contributed by atoms with Crippen molar-refractivity contribution >= 4 is 0 Å². The van der Waals surface area contributed by atoms with Crippen molar-refractivity contribution in [3.05, 3.63) is 0 Å². The maximum Gasteiger partial charge on any atom is 0.0897 e. The monoisotopic (exact) mass is 259 g/mol. The molecule has 0 aromatic carbocycles. The van der Waals surface area contributed by atoms with Crippen LogP contribution in [0.2, 0.25) is 0 Å². The number of ether oxygens (including phenoxy) is 1. The molecule has 3 heteroatoms. The highest BCUT2D eigenvalue weighted by Gasteiger charge is 2.12. The molecule has 2 N–H and O–H groups in total. The predicted molar refractivity (Wildman–Crippen MR) is 77.8 cm³/mol. The Morgan fingerprint density at radius 2 is 1.83 bits per heavy atom. The van der Waals surface area contributed by atoms with Gasteiger partial charge in [0.15, 0.2) is 0 Å². The molecule has 0 amide bonds. The zero-order valence-corrected chi connectivity index (χ0v) is 12.9. The number of aliphatic hydroxyl groups excluding tert-OH is 1. The summed E-state index contributed by atoms with van der Waals surface area (Å²) in [5, 5.41) is 13.2. The molecule has 0 aliphatic rings. The molecule has 0 aliphatic carbocycles. The lowest BCUT2D eigenvalue weighted by molar-refractivity contribution is 0.0326. The lowest BCUT2D eigenvalue weighted by Gasteiger charge is -2.22. The van der Waals surface area contributed by atoms with Gasteiger partial charge in [-0.05, 0) is 31.1 Å². The fraction of sp³-hybridized carbons (Fsp3) is 1.00. The summed E-state index contributed by atoms with van der Waals surface area (Å²) in [6.45, 7) is 12.8. The summed E-state index contributed by atoms with van der Waals surface area (Å²) in [6.07, 6.45) is 2.98. The first kappa shape index (κ1) is 17.9. The van der Waals surface area contributed by atoms with Crippen LogP contribution in [0.1, 0.15) is 53.9 Å². The molecule has 0 spiro atoms. The van der Waals surface area contributed by atoms with Crippen LogP contribution in [0, 0.1) is 11.8 Å². The largest absolute Gasteiger partial charge is 0.389 e. The van der Waals surface area contributed by atoms with Gasteiger partial charge in [0, 0.05) is 19.2 Å². The Labute approximate surface area is 113 Å². The molecule has 0 saturated carbocycles. The van der Waals surface area contributed by atoms with Crippen molar-refractivity contribution in [3.63, 3.8) is 0 Å². The average molecular weight is 259 g/mol. The van der Waals surface area contributed by atoms with E-state index in [9.17, 15) is 5.11 Å². The highest BCUT2D eigenvalue weighted by atomic mass is 16.5. The van der Waals surface area contributed by atoms with Crippen LogP contribution in [-0.2, 0) is 4.74 Å². The Kier molecular flexibility index (Phi) is 10.7. The van der Waals surface area contributed by atoms with Crippen molar-refractivity contribution in [2.75, 3.05) is 19.8 Å². The van der Waals surface area contributed by atoms with E-state index >= 15 is 0 Å². The highest BCUT2D eigenvalue weighted by molar-refractivity contribution is 4.70. The lowest BCUT2D eigenvalue weighted by Crippen LogP contribution is -2.39. The first-order chi connectivity index (χ1) is 8.47. The summed E-state index contributed by atoms with van der Waals surface area (Å²) in [7, 11) is 0. The number of nitrogens with one attached hydrogen (secondary N) is 1. The van der Waals surface area contributed by atoms with E-state index in [0.29, 0.717) is 25.1 Å². The second-order valence-corrected chi connectivity index (χ2v) is 5.93. The highest BCUT2D eigenvalue weighted by Crippen LogP contribution is 2.05. The molecule has 3 nitrogen and oxygen atoms in total. The Bertz CT molecular complexity index is 183. The first-order valence-corrected chi connectivity index (χ1v) is 7.46. The molecule has 2 atom stereocenters. The average Bonchev–Trinajstić information content (AvgIpc) is 2.28. The van der Waals surface area contributed by atoms with Gasteiger partial charge in [0.1, 0.15) is 0 Å². The van der Waals surface area contributed by atoms with E-state index in [4.69, 9.17) is 4.74 Å². The Morgan fingerprint density at radius 1 is 1.17 bits per heavy atom. The quantitative estimate of drug-likeness (QED) is 0.561. The standard InChI is InChI=1S/C15H33NO2/c1-6-15(13(4)5)16-10-14(17)11-18-9-7-8-12(2)3/h12-17H,6-11H2,1-5H3. The van der Waals surface area contributed by atoms with Gasteiger partial charge in [-0.25, -0.2) is 0 Å². The van der Waals surface area contributed by atoms with Gasteiger partial charge >= 0.3 is 0 Å². The first-order valence-electron chi connectivity index (χ1n) is 7.46. The Hall–Kier alpha value is -0.120. The molecule has 0 radical (unpaired) electrons. The number of aliphatic hydroxyl groups is 1. The third-order valence-corrected chi connectivity index (χ3v) is 3.24. The number of hydrogen-bond acceptors (Lipinski definition) is 3. The van der Waals surface area contributed by atoms with Crippen LogP contribution < -0.4 is 5.32 Å². The maximum atomic E-state index is 9.80. The molecule has 0 saturated heterocycles. The zero-order chi connectivity index (χ0) is 14.0. The fourth-order valence-corrected chi connectivity index (χ4v) is 2.01. The molecule has 110 valence electrons. The van der Waals surface area contributed by atoms with E-state index in [1.54, 1.807) is 0 Å². The van der Waals surface area contributed by atoms with Gasteiger partial charge in [-0.15, -0.1) is 0 Å². The summed E-state index contributed by atoms with van der Waals surface area (Å²) < 4.78 is 5.48. The maximum absolute atomic E-state index is 9.80. The van der Waals surface area contributed by atoms with Gasteiger partial charge in [-0.3, -0.25) is 0 Å². The molecule has 0 rings (SSSR count). The normalized spacial score (nSPS) is 15.3. The molecule has 0 aromatic rings. The van der Waals surface area contributed by atoms with Gasteiger partial charge in [0.25, 0.3) is 0 Å². The van der Waals surface area contributed by atoms with E-state index in [-0.39, 0.29) is 0 Å². The summed E-state index contributed by atoms with van der Waals surface area (Å²) in [6, 6.07) is 0.487. The molecule has 2 unspecified atom stereocenters. The second kappa shape index (κ2) is 10.8. The predicted octanol–water partition coefficient (Wildman–Crippen LogP) is 2.82. The molecule has 0 bridgehead atoms. The third kappa shape index (κ3) is 9.86. The van der Waals surface area contributed by atoms with Crippen molar-refractivity contribution in [1.82, 2.24) is 5.32 Å². The molecule has 0 fully saturated rings. The lowest BCUT2D eigenvalue weighted by atomic mass is 10.0. The second-order valence-electron chi connectivity index (χ2n) is 5.93. The SMILES string of the molecule is CCC(NCC(O)COCCCC(C)C)C(C)C. The van der Waals surface area contributed by atoms with E-state index in [2.05, 4.69) is 39.9 Å². The third-order valence-electron chi connectivity index (χ3n) is 3.24. The van der Waals surface area contributed by atoms with Gasteiger partial charge in [0.05, 0.1) is 12.7 Å². The molecular formula is C15H33NO2. The van der Waals surface area contributed by atoms with Crippen molar-refractivity contribution in [3.8, 4) is 0 Å².